The number of aliphatic hydroxyl groups is 2. The van der Waals surface area contributed by atoms with Crippen molar-refractivity contribution in [3.63, 3.8) is 0 Å². The van der Waals surface area contributed by atoms with E-state index in [9.17, 15) is 10.2 Å². The number of allylic oxidation sites excluding steroid dienone is 16. The summed E-state index contributed by atoms with van der Waals surface area (Å²) in [7, 11) is 0. The smallest absolute Gasteiger partial charge is 0.0585 e. The van der Waals surface area contributed by atoms with Crippen LogP contribution in [0.15, 0.2) is 105 Å². The number of aliphatic hydroxyl groups excluding tert-OH is 2. The molecule has 42 heavy (non-hydrogen) atoms. The van der Waals surface area contributed by atoms with Gasteiger partial charge in [0.15, 0.2) is 0 Å². The van der Waals surface area contributed by atoms with E-state index in [1.807, 2.05) is 0 Å². The fraction of sp³-hybridized carbons (Fsp3) is 0.550. The molecule has 0 aromatic rings. The number of rotatable bonds is 12. The maximum Gasteiger partial charge on any atom is 0.0585 e. The summed E-state index contributed by atoms with van der Waals surface area (Å²) in [5.74, 6) is 0. The summed E-state index contributed by atoms with van der Waals surface area (Å²) < 4.78 is 0. The minimum Gasteiger partial charge on any atom is -0.393 e. The van der Waals surface area contributed by atoms with E-state index in [2.05, 4.69) is 130 Å². The summed E-state index contributed by atoms with van der Waals surface area (Å²) in [6.45, 7) is 22.2. The molecule has 2 rings (SSSR count). The summed E-state index contributed by atoms with van der Waals surface area (Å²) in [6, 6.07) is 0. The Morgan fingerprint density at radius 2 is 0.976 bits per heavy atom. The predicted octanol–water partition coefficient (Wildman–Crippen LogP) is 11.0. The van der Waals surface area contributed by atoms with Crippen molar-refractivity contribution in [3.05, 3.63) is 105 Å². The molecule has 0 aromatic carbocycles. The first-order valence-electron chi connectivity index (χ1n) is 16.0. The molecule has 232 valence electrons. The second-order valence-electron chi connectivity index (χ2n) is 14.4. The minimum atomic E-state index is -0.191. The van der Waals surface area contributed by atoms with E-state index in [1.165, 1.54) is 44.6 Å². The maximum absolute atomic E-state index is 10.1. The molecule has 0 amide bonds. The van der Waals surface area contributed by atoms with Gasteiger partial charge in [0.25, 0.3) is 0 Å². The van der Waals surface area contributed by atoms with Crippen molar-refractivity contribution in [2.75, 3.05) is 0 Å². The third-order valence-electron chi connectivity index (χ3n) is 9.09. The highest BCUT2D eigenvalue weighted by atomic mass is 16.3. The van der Waals surface area contributed by atoms with Crippen LogP contribution in [0, 0.1) is 10.8 Å². The van der Waals surface area contributed by atoms with Crippen LogP contribution >= 0.6 is 0 Å². The number of hydrogen-bond donors (Lipinski definition) is 2. The van der Waals surface area contributed by atoms with Gasteiger partial charge in [-0.1, -0.05) is 133 Å². The molecular formula is C40H60O2. The van der Waals surface area contributed by atoms with Gasteiger partial charge >= 0.3 is 0 Å². The van der Waals surface area contributed by atoms with Crippen LogP contribution in [0.3, 0.4) is 0 Å². The zero-order valence-electron chi connectivity index (χ0n) is 28.5. The van der Waals surface area contributed by atoms with Crippen molar-refractivity contribution < 1.29 is 10.2 Å². The first kappa shape index (κ1) is 35.8. The standard InChI is InChI=1S/C40H60O2/c1-29(17-13-19-31(3)21-23-37-33(5)25-35(41)27-39(37,7)8)15-11-12-16-30(2)18-14-20-32(4)22-24-38-34(6)26-36(42)28-40(38,9)10/h11-20,35-36,41-42H,21-28H2,1-10H3/b12-11+,17-13+,18-14+,29-15+,30-16+,31-19+,32-20+/t35-,36-/m1/s1. The molecule has 0 bridgehead atoms. The molecule has 2 atom stereocenters. The Balaban J connectivity index is 1.82. The molecule has 0 heterocycles. The molecule has 0 fully saturated rings. The van der Waals surface area contributed by atoms with E-state index >= 15 is 0 Å². The normalized spacial score (nSPS) is 24.7. The molecule has 2 N–H and O–H groups in total. The van der Waals surface area contributed by atoms with Crippen molar-refractivity contribution in [1.29, 1.82) is 0 Å². The van der Waals surface area contributed by atoms with Crippen molar-refractivity contribution in [3.8, 4) is 0 Å². The lowest BCUT2D eigenvalue weighted by atomic mass is 9.70. The summed E-state index contributed by atoms with van der Waals surface area (Å²) in [5.41, 5.74) is 11.2. The first-order valence-corrected chi connectivity index (χ1v) is 16.0. The summed E-state index contributed by atoms with van der Waals surface area (Å²) in [5, 5.41) is 20.3. The number of hydrogen-bond acceptors (Lipinski definition) is 2. The largest absolute Gasteiger partial charge is 0.393 e. The van der Waals surface area contributed by atoms with Gasteiger partial charge in [0.2, 0.25) is 0 Å². The van der Waals surface area contributed by atoms with Crippen LogP contribution in [0.5, 0.6) is 0 Å². The molecule has 0 spiro atoms. The second-order valence-corrected chi connectivity index (χ2v) is 14.4. The van der Waals surface area contributed by atoms with Crippen molar-refractivity contribution in [2.24, 2.45) is 10.8 Å². The highest BCUT2D eigenvalue weighted by Gasteiger charge is 2.33. The van der Waals surface area contributed by atoms with Gasteiger partial charge in [-0.05, 0) is 104 Å². The summed E-state index contributed by atoms with van der Waals surface area (Å²) in [6.07, 6.45) is 28.9. The van der Waals surface area contributed by atoms with E-state index in [0.29, 0.717) is 0 Å². The SMILES string of the molecule is CC1=C(CC/C(C)=C/C=C/C(C)=C/C=C/C=C(C)/C=C/C=C(\C)CCC2=C(C)C[C@@H](O)CC2(C)C)C(C)(C)C[C@H](O)C1. The van der Waals surface area contributed by atoms with Gasteiger partial charge in [-0.25, -0.2) is 0 Å². The third kappa shape index (κ3) is 12.1. The van der Waals surface area contributed by atoms with Crippen molar-refractivity contribution >= 4 is 0 Å². The van der Waals surface area contributed by atoms with Crippen molar-refractivity contribution in [1.82, 2.24) is 0 Å². The molecule has 2 heteroatoms. The third-order valence-corrected chi connectivity index (χ3v) is 9.09. The van der Waals surface area contributed by atoms with Crippen LogP contribution in [0.4, 0.5) is 0 Å². The molecule has 0 aliphatic heterocycles. The lowest BCUT2D eigenvalue weighted by molar-refractivity contribution is 0.112. The molecule has 0 unspecified atom stereocenters. The monoisotopic (exact) mass is 572 g/mol. The zero-order chi connectivity index (χ0) is 31.5. The van der Waals surface area contributed by atoms with Gasteiger partial charge in [0.05, 0.1) is 12.2 Å². The highest BCUT2D eigenvalue weighted by Crippen LogP contribution is 2.44. The topological polar surface area (TPSA) is 40.5 Å². The zero-order valence-corrected chi connectivity index (χ0v) is 28.5. The van der Waals surface area contributed by atoms with Gasteiger partial charge in [0.1, 0.15) is 0 Å². The first-order chi connectivity index (χ1) is 19.6. The van der Waals surface area contributed by atoms with Crippen LogP contribution in [0.25, 0.3) is 0 Å². The Morgan fingerprint density at radius 1 is 0.619 bits per heavy atom. The van der Waals surface area contributed by atoms with Gasteiger partial charge < -0.3 is 10.2 Å². The fourth-order valence-corrected chi connectivity index (χ4v) is 6.85. The molecule has 2 aliphatic rings. The Morgan fingerprint density at radius 3 is 1.31 bits per heavy atom. The van der Waals surface area contributed by atoms with Crippen LogP contribution in [-0.4, -0.2) is 22.4 Å². The van der Waals surface area contributed by atoms with E-state index in [-0.39, 0.29) is 23.0 Å². The molecular weight excluding hydrogens is 512 g/mol. The maximum atomic E-state index is 10.1. The highest BCUT2D eigenvalue weighted by molar-refractivity contribution is 5.31. The van der Waals surface area contributed by atoms with Gasteiger partial charge in [-0.15, -0.1) is 0 Å². The summed E-state index contributed by atoms with van der Waals surface area (Å²) in [4.78, 5) is 0. The van der Waals surface area contributed by atoms with Crippen LogP contribution in [-0.2, 0) is 0 Å². The average Bonchev–Trinajstić information content (AvgIpc) is 2.84. The van der Waals surface area contributed by atoms with Crippen LogP contribution in [0.1, 0.15) is 121 Å². The molecule has 0 saturated heterocycles. The van der Waals surface area contributed by atoms with E-state index in [0.717, 1.165) is 51.4 Å². The van der Waals surface area contributed by atoms with E-state index in [1.54, 1.807) is 0 Å². The molecule has 0 radical (unpaired) electrons. The van der Waals surface area contributed by atoms with Crippen molar-refractivity contribution in [2.45, 2.75) is 133 Å². The Bertz CT molecular complexity index is 1110. The molecule has 0 aromatic heterocycles. The lowest BCUT2D eigenvalue weighted by Crippen LogP contribution is -2.29. The van der Waals surface area contributed by atoms with Gasteiger partial charge in [-0.3, -0.25) is 0 Å². The lowest BCUT2D eigenvalue weighted by Gasteiger charge is -2.37. The van der Waals surface area contributed by atoms with Gasteiger partial charge in [0, 0.05) is 0 Å². The predicted molar refractivity (Wildman–Crippen MR) is 184 cm³/mol. The minimum absolute atomic E-state index is 0.0949. The van der Waals surface area contributed by atoms with E-state index < -0.39 is 0 Å². The molecule has 0 saturated carbocycles. The van der Waals surface area contributed by atoms with Crippen LogP contribution < -0.4 is 0 Å². The summed E-state index contributed by atoms with van der Waals surface area (Å²) >= 11 is 0. The molecule has 2 nitrogen and oxygen atoms in total. The average molecular weight is 573 g/mol. The van der Waals surface area contributed by atoms with Crippen LogP contribution in [0.2, 0.25) is 0 Å². The molecule has 2 aliphatic carbocycles. The quantitative estimate of drug-likeness (QED) is 0.180. The Labute approximate surface area is 258 Å². The fourth-order valence-electron chi connectivity index (χ4n) is 6.85. The Hall–Kier alpha value is -2.42. The van der Waals surface area contributed by atoms with Gasteiger partial charge in [-0.2, -0.15) is 0 Å². The second kappa shape index (κ2) is 16.4. The Kier molecular flexibility index (Phi) is 14.0. The van der Waals surface area contributed by atoms with E-state index in [4.69, 9.17) is 0 Å².